The Hall–Kier alpha value is -5.50. The fourth-order valence-electron chi connectivity index (χ4n) is 5.27. The van der Waals surface area contributed by atoms with Crippen LogP contribution in [-0.2, 0) is 9.59 Å². The molecule has 0 fully saturated rings. The molecule has 1 heterocycles. The quantitative estimate of drug-likeness (QED) is 0.106. The van der Waals surface area contributed by atoms with Gasteiger partial charge < -0.3 is 29.2 Å². The summed E-state index contributed by atoms with van der Waals surface area (Å²) in [5.74, 6) is 0.934. The molecule has 0 aliphatic rings. The molecule has 4 aromatic carbocycles. The highest BCUT2D eigenvalue weighted by atomic mass is 16.5. The molecule has 8 nitrogen and oxygen atoms in total. The minimum atomic E-state index is -0.871. The molecule has 230 valence electrons. The predicted molar refractivity (Wildman–Crippen MR) is 176 cm³/mol. The Kier molecular flexibility index (Phi) is 9.84. The summed E-state index contributed by atoms with van der Waals surface area (Å²) < 4.78 is 18.8. The minimum absolute atomic E-state index is 0.0216. The zero-order chi connectivity index (χ0) is 31.8. The molecule has 0 atom stereocenters. The molecule has 1 aromatic heterocycles. The second-order valence-electron chi connectivity index (χ2n) is 10.6. The molecule has 2 N–H and O–H groups in total. The van der Waals surface area contributed by atoms with Gasteiger partial charge in [0.2, 0.25) is 5.91 Å². The standard InChI is InChI=1S/C37H36N2O6/c1-25(23-35(40)38-32-7-4-5-8-34(32)45-22-6-9-36(41)42)28-14-19-33-29(24-28)20-21-39(33)37(26-10-15-30(43-2)16-11-26)27-12-17-31(44-3)18-13-27/h4-5,7-8,10-21,23-24,37H,6,9,22H2,1-3H3,(H,38,40)(H,41,42)/b25-23+. The zero-order valence-corrected chi connectivity index (χ0v) is 25.5. The third-order valence-electron chi connectivity index (χ3n) is 7.60. The van der Waals surface area contributed by atoms with Gasteiger partial charge in [-0.05, 0) is 90.2 Å². The lowest BCUT2D eigenvalue weighted by atomic mass is 9.97. The lowest BCUT2D eigenvalue weighted by Gasteiger charge is -2.22. The summed E-state index contributed by atoms with van der Waals surface area (Å²) in [5.41, 5.74) is 5.55. The largest absolute Gasteiger partial charge is 0.497 e. The molecule has 0 bridgehead atoms. The maximum absolute atomic E-state index is 13.0. The number of carboxylic acids is 1. The fourth-order valence-corrected chi connectivity index (χ4v) is 5.27. The number of para-hydroxylation sites is 2. The number of nitrogens with one attached hydrogen (secondary N) is 1. The van der Waals surface area contributed by atoms with Crippen LogP contribution in [0.3, 0.4) is 0 Å². The topological polar surface area (TPSA) is 99.0 Å². The molecule has 45 heavy (non-hydrogen) atoms. The number of methoxy groups -OCH3 is 2. The number of carboxylic acid groups (broad SMARTS) is 1. The van der Waals surface area contributed by atoms with Crippen molar-refractivity contribution in [2.24, 2.45) is 0 Å². The number of carbonyl (C=O) groups is 2. The molecule has 0 aliphatic heterocycles. The van der Waals surface area contributed by atoms with Gasteiger partial charge in [0, 0.05) is 29.6 Å². The first-order valence-electron chi connectivity index (χ1n) is 14.7. The normalized spacial score (nSPS) is 11.4. The molecular formula is C37H36N2O6. The summed E-state index contributed by atoms with van der Waals surface area (Å²) in [4.78, 5) is 23.8. The van der Waals surface area contributed by atoms with Crippen LogP contribution in [-0.4, -0.2) is 42.4 Å². The fraction of sp³-hybridized carbons (Fsp3) is 0.189. The number of carbonyl (C=O) groups excluding carboxylic acids is 1. The van der Waals surface area contributed by atoms with E-state index >= 15 is 0 Å². The van der Waals surface area contributed by atoms with E-state index in [4.69, 9.17) is 19.3 Å². The van der Waals surface area contributed by atoms with E-state index in [-0.39, 0.29) is 25.0 Å². The summed E-state index contributed by atoms with van der Waals surface area (Å²) in [5, 5.41) is 12.8. The minimum Gasteiger partial charge on any atom is -0.497 e. The maximum atomic E-state index is 13.0. The first-order valence-corrected chi connectivity index (χ1v) is 14.7. The monoisotopic (exact) mass is 604 g/mol. The molecule has 5 rings (SSSR count). The Labute approximate surface area is 262 Å². The van der Waals surface area contributed by atoms with Crippen molar-refractivity contribution in [2.45, 2.75) is 25.8 Å². The number of hydrogen-bond acceptors (Lipinski definition) is 5. The van der Waals surface area contributed by atoms with Crippen molar-refractivity contribution in [2.75, 3.05) is 26.1 Å². The molecule has 0 saturated carbocycles. The van der Waals surface area contributed by atoms with Crippen LogP contribution in [0.25, 0.3) is 16.5 Å². The Morgan fingerprint density at radius 1 is 0.867 bits per heavy atom. The molecule has 0 unspecified atom stereocenters. The molecular weight excluding hydrogens is 568 g/mol. The molecule has 0 radical (unpaired) electrons. The van der Waals surface area contributed by atoms with E-state index < -0.39 is 5.97 Å². The number of hydrogen-bond donors (Lipinski definition) is 2. The smallest absolute Gasteiger partial charge is 0.303 e. The van der Waals surface area contributed by atoms with Gasteiger partial charge in [-0.1, -0.05) is 42.5 Å². The number of amides is 1. The number of fused-ring (bicyclic) bond motifs is 1. The van der Waals surface area contributed by atoms with Gasteiger partial charge in [0.1, 0.15) is 17.2 Å². The van der Waals surface area contributed by atoms with Crippen LogP contribution in [0.1, 0.15) is 42.5 Å². The molecule has 0 aliphatic carbocycles. The second kappa shape index (κ2) is 14.3. The predicted octanol–water partition coefficient (Wildman–Crippen LogP) is 7.58. The number of aliphatic carboxylic acids is 1. The third kappa shape index (κ3) is 7.54. The Morgan fingerprint density at radius 3 is 2.13 bits per heavy atom. The number of anilines is 1. The molecule has 8 heteroatoms. The highest BCUT2D eigenvalue weighted by Crippen LogP contribution is 2.34. The molecule has 0 spiro atoms. The lowest BCUT2D eigenvalue weighted by molar-refractivity contribution is -0.137. The lowest BCUT2D eigenvalue weighted by Crippen LogP contribution is -2.11. The van der Waals surface area contributed by atoms with Crippen LogP contribution < -0.4 is 19.5 Å². The third-order valence-corrected chi connectivity index (χ3v) is 7.60. The maximum Gasteiger partial charge on any atom is 0.303 e. The molecule has 0 saturated heterocycles. The first kappa shape index (κ1) is 30.9. The van der Waals surface area contributed by atoms with E-state index in [9.17, 15) is 9.59 Å². The van der Waals surface area contributed by atoms with Crippen molar-refractivity contribution in [3.8, 4) is 17.2 Å². The zero-order valence-electron chi connectivity index (χ0n) is 25.5. The number of nitrogens with zero attached hydrogens (tertiary/aromatic N) is 1. The van der Waals surface area contributed by atoms with E-state index in [1.54, 1.807) is 44.6 Å². The summed E-state index contributed by atoms with van der Waals surface area (Å²) in [6, 6.07) is 31.5. The highest BCUT2D eigenvalue weighted by molar-refractivity contribution is 6.05. The Morgan fingerprint density at radius 2 is 1.51 bits per heavy atom. The molecule has 5 aromatic rings. The summed E-state index contributed by atoms with van der Waals surface area (Å²) >= 11 is 0. The van der Waals surface area contributed by atoms with E-state index in [0.29, 0.717) is 17.9 Å². The van der Waals surface area contributed by atoms with Crippen molar-refractivity contribution < 1.29 is 28.9 Å². The SMILES string of the molecule is COc1ccc(C(c2ccc(OC)cc2)n2ccc3cc(/C(C)=C/C(=O)Nc4ccccc4OCCCC(=O)O)ccc32)cc1. The average molecular weight is 605 g/mol. The van der Waals surface area contributed by atoms with Crippen molar-refractivity contribution in [3.63, 3.8) is 0 Å². The van der Waals surface area contributed by atoms with E-state index in [0.717, 1.165) is 44.7 Å². The van der Waals surface area contributed by atoms with E-state index in [2.05, 4.69) is 58.5 Å². The first-order chi connectivity index (χ1) is 21.9. The number of rotatable bonds is 13. The van der Waals surface area contributed by atoms with Gasteiger partial charge in [0.05, 0.1) is 32.6 Å². The van der Waals surface area contributed by atoms with Crippen molar-refractivity contribution in [1.82, 2.24) is 4.57 Å². The summed E-state index contributed by atoms with van der Waals surface area (Å²) in [6.45, 7) is 2.15. The van der Waals surface area contributed by atoms with Crippen LogP contribution in [0, 0.1) is 0 Å². The van der Waals surface area contributed by atoms with Crippen LogP contribution in [0.15, 0.2) is 109 Å². The highest BCUT2D eigenvalue weighted by Gasteiger charge is 2.19. The van der Waals surface area contributed by atoms with Crippen molar-refractivity contribution in [1.29, 1.82) is 0 Å². The second-order valence-corrected chi connectivity index (χ2v) is 10.6. The van der Waals surface area contributed by atoms with Gasteiger partial charge in [0.15, 0.2) is 0 Å². The number of benzene rings is 4. The van der Waals surface area contributed by atoms with Gasteiger partial charge in [0.25, 0.3) is 0 Å². The number of allylic oxidation sites excluding steroid dienone is 1. The van der Waals surface area contributed by atoms with Crippen LogP contribution >= 0.6 is 0 Å². The summed E-state index contributed by atoms with van der Waals surface area (Å²) in [6.07, 6.45) is 4.05. The number of aromatic nitrogens is 1. The van der Waals surface area contributed by atoms with E-state index in [1.807, 2.05) is 37.3 Å². The van der Waals surface area contributed by atoms with Crippen LogP contribution in [0.4, 0.5) is 5.69 Å². The van der Waals surface area contributed by atoms with Gasteiger partial charge in [-0.25, -0.2) is 0 Å². The number of ether oxygens (including phenoxy) is 3. The van der Waals surface area contributed by atoms with Crippen LogP contribution in [0.2, 0.25) is 0 Å². The van der Waals surface area contributed by atoms with Crippen molar-refractivity contribution in [3.05, 3.63) is 126 Å². The van der Waals surface area contributed by atoms with E-state index in [1.165, 1.54) is 0 Å². The van der Waals surface area contributed by atoms with Gasteiger partial charge in [-0.2, -0.15) is 0 Å². The Balaban J connectivity index is 1.38. The summed E-state index contributed by atoms with van der Waals surface area (Å²) in [7, 11) is 3.32. The average Bonchev–Trinajstić information content (AvgIpc) is 3.47. The van der Waals surface area contributed by atoms with Crippen molar-refractivity contribution >= 4 is 34.0 Å². The molecule has 1 amide bonds. The van der Waals surface area contributed by atoms with Gasteiger partial charge >= 0.3 is 5.97 Å². The van der Waals surface area contributed by atoms with Gasteiger partial charge in [-0.3, -0.25) is 9.59 Å². The Bertz CT molecular complexity index is 1760. The van der Waals surface area contributed by atoms with Crippen LogP contribution in [0.5, 0.6) is 17.2 Å². The van der Waals surface area contributed by atoms with Gasteiger partial charge in [-0.15, -0.1) is 0 Å².